The minimum atomic E-state index is -3.51. The Kier molecular flexibility index (Phi) is 8.16. The van der Waals surface area contributed by atoms with Gasteiger partial charge in [-0.3, -0.25) is 4.79 Å². The van der Waals surface area contributed by atoms with Gasteiger partial charge in [-0.2, -0.15) is 9.41 Å². The van der Waals surface area contributed by atoms with Gasteiger partial charge in [-0.1, -0.05) is 24.3 Å². The Morgan fingerprint density at radius 1 is 1.16 bits per heavy atom. The fourth-order valence-corrected chi connectivity index (χ4v) is 4.53. The Bertz CT molecular complexity index is 1000. The van der Waals surface area contributed by atoms with E-state index in [2.05, 4.69) is 10.5 Å². The first-order valence-corrected chi connectivity index (χ1v) is 11.7. The first kappa shape index (κ1) is 22.9. The van der Waals surface area contributed by atoms with Crippen LogP contribution in [-0.4, -0.2) is 57.8 Å². The van der Waals surface area contributed by atoms with E-state index in [1.165, 1.54) is 4.31 Å². The Hall–Kier alpha value is -2.75. The number of sulfonamides is 1. The highest BCUT2D eigenvalue weighted by atomic mass is 32.2. The zero-order valence-corrected chi connectivity index (χ0v) is 18.3. The molecule has 1 fully saturated rings. The Morgan fingerprint density at radius 2 is 1.87 bits per heavy atom. The number of benzene rings is 2. The van der Waals surface area contributed by atoms with Crippen molar-refractivity contribution < 1.29 is 22.7 Å². The number of carbonyl (C=O) groups excluding carboxylic acids is 1. The van der Waals surface area contributed by atoms with Crippen molar-refractivity contribution in [3.63, 3.8) is 0 Å². The molecule has 0 aromatic heterocycles. The lowest BCUT2D eigenvalue weighted by atomic mass is 10.1. The number of aryl methyl sites for hydroxylation is 1. The van der Waals surface area contributed by atoms with Gasteiger partial charge < -0.3 is 9.47 Å². The van der Waals surface area contributed by atoms with E-state index in [1.54, 1.807) is 30.5 Å². The van der Waals surface area contributed by atoms with Crippen molar-refractivity contribution in [1.82, 2.24) is 9.73 Å². The van der Waals surface area contributed by atoms with Crippen molar-refractivity contribution in [3.8, 4) is 5.75 Å². The minimum Gasteiger partial charge on any atom is -0.493 e. The summed E-state index contributed by atoms with van der Waals surface area (Å²) >= 11 is 0. The maximum Gasteiger partial charge on any atom is 0.243 e. The molecule has 3 rings (SSSR count). The van der Waals surface area contributed by atoms with E-state index >= 15 is 0 Å². The van der Waals surface area contributed by atoms with E-state index in [0.717, 1.165) is 11.1 Å². The van der Waals surface area contributed by atoms with Gasteiger partial charge in [-0.15, -0.1) is 0 Å². The first-order valence-electron chi connectivity index (χ1n) is 10.2. The molecule has 1 aliphatic heterocycles. The van der Waals surface area contributed by atoms with E-state index in [9.17, 15) is 13.2 Å². The van der Waals surface area contributed by atoms with Crippen LogP contribution in [0.5, 0.6) is 5.75 Å². The van der Waals surface area contributed by atoms with Crippen molar-refractivity contribution in [1.29, 1.82) is 0 Å². The molecule has 1 heterocycles. The number of hydrogen-bond donors (Lipinski definition) is 1. The maximum atomic E-state index is 12.6. The molecular weight excluding hydrogens is 418 g/mol. The van der Waals surface area contributed by atoms with Gasteiger partial charge >= 0.3 is 0 Å². The predicted octanol–water partition coefficient (Wildman–Crippen LogP) is 2.19. The zero-order chi connectivity index (χ0) is 22.1. The van der Waals surface area contributed by atoms with Crippen molar-refractivity contribution >= 4 is 22.1 Å². The van der Waals surface area contributed by atoms with Gasteiger partial charge in [0, 0.05) is 25.1 Å². The topological polar surface area (TPSA) is 97.3 Å². The number of ether oxygens (including phenoxy) is 2. The number of hydrogen-bond acceptors (Lipinski definition) is 6. The first-order chi connectivity index (χ1) is 15.0. The highest BCUT2D eigenvalue weighted by molar-refractivity contribution is 7.89. The van der Waals surface area contributed by atoms with E-state index in [1.807, 2.05) is 31.2 Å². The summed E-state index contributed by atoms with van der Waals surface area (Å²) in [4.78, 5) is 12.3. The summed E-state index contributed by atoms with van der Waals surface area (Å²) in [5, 5.41) is 4.00. The number of nitrogens with one attached hydrogen (secondary N) is 1. The molecule has 166 valence electrons. The number of morpholine rings is 1. The van der Waals surface area contributed by atoms with Gasteiger partial charge in [0.15, 0.2) is 0 Å². The fraction of sp³-hybridized carbons (Fsp3) is 0.364. The van der Waals surface area contributed by atoms with Crippen LogP contribution in [0.3, 0.4) is 0 Å². The molecule has 0 atom stereocenters. The van der Waals surface area contributed by atoms with E-state index in [0.29, 0.717) is 45.1 Å². The molecule has 1 aliphatic rings. The normalized spacial score (nSPS) is 15.1. The van der Waals surface area contributed by atoms with Crippen LogP contribution in [0, 0.1) is 0 Å². The van der Waals surface area contributed by atoms with E-state index in [-0.39, 0.29) is 17.2 Å². The standard InChI is InChI=1S/C22H27N3O5S/c1-2-30-21-6-4-3-5-19(21)17-23-24-22(26)12-9-18-7-10-20(11-8-18)31(27,28)25-13-15-29-16-14-25/h3-8,10-11,17H,2,9,12-16H2,1H3,(H,24,26)/b23-17+. The summed E-state index contributed by atoms with van der Waals surface area (Å²) in [6.45, 7) is 3.99. The number of nitrogens with zero attached hydrogens (tertiary/aromatic N) is 2. The summed E-state index contributed by atoms with van der Waals surface area (Å²) in [5.74, 6) is 0.477. The molecule has 1 saturated heterocycles. The second-order valence-corrected chi connectivity index (χ2v) is 8.86. The van der Waals surface area contributed by atoms with Crippen LogP contribution in [0.1, 0.15) is 24.5 Å². The zero-order valence-electron chi connectivity index (χ0n) is 17.5. The SMILES string of the molecule is CCOc1ccccc1/C=N/NC(=O)CCc1ccc(S(=O)(=O)N2CCOCC2)cc1. The Morgan fingerprint density at radius 3 is 2.58 bits per heavy atom. The van der Waals surface area contributed by atoms with Gasteiger partial charge in [0.25, 0.3) is 0 Å². The highest BCUT2D eigenvalue weighted by Gasteiger charge is 2.26. The van der Waals surface area contributed by atoms with Crippen molar-refractivity contribution in [2.75, 3.05) is 32.9 Å². The van der Waals surface area contributed by atoms with Crippen LogP contribution < -0.4 is 10.2 Å². The Labute approximate surface area is 182 Å². The molecule has 0 unspecified atom stereocenters. The van der Waals surface area contributed by atoms with Crippen LogP contribution in [0.2, 0.25) is 0 Å². The van der Waals surface area contributed by atoms with Crippen molar-refractivity contribution in [3.05, 3.63) is 59.7 Å². The summed E-state index contributed by atoms with van der Waals surface area (Å²) in [7, 11) is -3.51. The van der Waals surface area contributed by atoms with E-state index in [4.69, 9.17) is 9.47 Å². The van der Waals surface area contributed by atoms with Crippen LogP contribution in [0.25, 0.3) is 0 Å². The lowest BCUT2D eigenvalue weighted by Crippen LogP contribution is -2.40. The molecule has 0 spiro atoms. The molecule has 0 saturated carbocycles. The molecule has 0 radical (unpaired) electrons. The van der Waals surface area contributed by atoms with E-state index < -0.39 is 10.0 Å². The average Bonchev–Trinajstić information content (AvgIpc) is 2.80. The Balaban J connectivity index is 1.50. The lowest BCUT2D eigenvalue weighted by Gasteiger charge is -2.26. The molecule has 31 heavy (non-hydrogen) atoms. The molecule has 0 bridgehead atoms. The summed E-state index contributed by atoms with van der Waals surface area (Å²) in [5.41, 5.74) is 4.17. The number of amides is 1. The molecule has 1 amide bonds. The molecule has 1 N–H and O–H groups in total. The number of hydrazone groups is 1. The molecular formula is C22H27N3O5S. The van der Waals surface area contributed by atoms with Gasteiger partial charge in [-0.25, -0.2) is 13.8 Å². The second-order valence-electron chi connectivity index (χ2n) is 6.92. The molecule has 2 aromatic carbocycles. The fourth-order valence-electron chi connectivity index (χ4n) is 3.13. The smallest absolute Gasteiger partial charge is 0.243 e. The van der Waals surface area contributed by atoms with Gasteiger partial charge in [0.2, 0.25) is 15.9 Å². The monoisotopic (exact) mass is 445 g/mol. The van der Waals surface area contributed by atoms with Crippen LogP contribution in [0.4, 0.5) is 0 Å². The molecule has 9 heteroatoms. The summed E-state index contributed by atoms with van der Waals surface area (Å²) in [6.07, 6.45) is 2.27. The molecule has 0 aliphatic carbocycles. The van der Waals surface area contributed by atoms with Gasteiger partial charge in [-0.05, 0) is 43.2 Å². The lowest BCUT2D eigenvalue weighted by molar-refractivity contribution is -0.121. The third-order valence-electron chi connectivity index (χ3n) is 4.78. The second kappa shape index (κ2) is 11.0. The number of para-hydroxylation sites is 1. The van der Waals surface area contributed by atoms with Gasteiger partial charge in [0.1, 0.15) is 5.75 Å². The van der Waals surface area contributed by atoms with Crippen molar-refractivity contribution in [2.24, 2.45) is 5.10 Å². The van der Waals surface area contributed by atoms with Crippen LogP contribution in [0.15, 0.2) is 58.5 Å². The predicted molar refractivity (Wildman–Crippen MR) is 118 cm³/mol. The van der Waals surface area contributed by atoms with Crippen molar-refractivity contribution in [2.45, 2.75) is 24.7 Å². The largest absolute Gasteiger partial charge is 0.493 e. The summed E-state index contributed by atoms with van der Waals surface area (Å²) in [6, 6.07) is 14.1. The minimum absolute atomic E-state index is 0.227. The number of rotatable bonds is 9. The summed E-state index contributed by atoms with van der Waals surface area (Å²) < 4.78 is 37.5. The number of carbonyl (C=O) groups is 1. The van der Waals surface area contributed by atoms with Gasteiger partial charge in [0.05, 0.1) is 30.9 Å². The maximum absolute atomic E-state index is 12.6. The quantitative estimate of drug-likeness (QED) is 0.471. The highest BCUT2D eigenvalue weighted by Crippen LogP contribution is 2.18. The third kappa shape index (κ3) is 6.36. The van der Waals surface area contributed by atoms with Crippen LogP contribution in [-0.2, 0) is 26.0 Å². The average molecular weight is 446 g/mol. The third-order valence-corrected chi connectivity index (χ3v) is 6.70. The van der Waals surface area contributed by atoms with Crippen LogP contribution >= 0.6 is 0 Å². The molecule has 2 aromatic rings. The molecule has 8 nitrogen and oxygen atoms in total.